The normalized spacial score (nSPS) is 32.7. The molecule has 3 rings (SSSR count). The molecule has 1 N–H and O–H groups in total. The summed E-state index contributed by atoms with van der Waals surface area (Å²) in [6.07, 6.45) is 6.90. The molecule has 3 heterocycles. The molecule has 2 unspecified atom stereocenters. The Balaban J connectivity index is 1.64. The van der Waals surface area contributed by atoms with E-state index in [2.05, 4.69) is 15.3 Å². The van der Waals surface area contributed by atoms with E-state index in [4.69, 9.17) is 4.74 Å². The number of ether oxygens (including phenoxy) is 1. The lowest BCUT2D eigenvalue weighted by Gasteiger charge is -2.28. The molecular formula is C11H14FN3O. The van der Waals surface area contributed by atoms with Crippen LogP contribution >= 0.6 is 0 Å². The number of aromatic nitrogens is 2. The highest BCUT2D eigenvalue weighted by Crippen LogP contribution is 2.28. The van der Waals surface area contributed by atoms with Gasteiger partial charge >= 0.3 is 6.01 Å². The van der Waals surface area contributed by atoms with Crippen LogP contribution in [0.15, 0.2) is 12.4 Å². The second kappa shape index (κ2) is 3.97. The Morgan fingerprint density at radius 2 is 1.81 bits per heavy atom. The van der Waals surface area contributed by atoms with Gasteiger partial charge in [-0.1, -0.05) is 0 Å². The van der Waals surface area contributed by atoms with Gasteiger partial charge in [-0.15, -0.1) is 0 Å². The van der Waals surface area contributed by atoms with Crippen molar-refractivity contribution in [1.82, 2.24) is 15.3 Å². The summed E-state index contributed by atoms with van der Waals surface area (Å²) < 4.78 is 18.3. The first-order valence-corrected chi connectivity index (χ1v) is 5.70. The fraction of sp³-hybridized carbons (Fsp3) is 0.636. The highest BCUT2D eigenvalue weighted by molar-refractivity contribution is 4.99. The number of hydrogen-bond donors (Lipinski definition) is 1. The summed E-state index contributed by atoms with van der Waals surface area (Å²) in [5.74, 6) is -0.433. The Hall–Kier alpha value is -1.23. The summed E-state index contributed by atoms with van der Waals surface area (Å²) >= 11 is 0. The fourth-order valence-electron chi connectivity index (χ4n) is 2.61. The average molecular weight is 223 g/mol. The van der Waals surface area contributed by atoms with Crippen LogP contribution in [-0.4, -0.2) is 28.2 Å². The van der Waals surface area contributed by atoms with Crippen LogP contribution in [0.4, 0.5) is 4.39 Å². The molecule has 0 aliphatic carbocycles. The Morgan fingerprint density at radius 1 is 1.19 bits per heavy atom. The number of hydrogen-bond acceptors (Lipinski definition) is 4. The van der Waals surface area contributed by atoms with Gasteiger partial charge in [0.25, 0.3) is 0 Å². The molecule has 1 aromatic rings. The SMILES string of the molecule is Fc1cnc(OC2CC3CCC(C2)N3)nc1. The van der Waals surface area contributed by atoms with Crippen LogP contribution in [-0.2, 0) is 0 Å². The van der Waals surface area contributed by atoms with Crippen LogP contribution in [0.3, 0.4) is 0 Å². The number of piperidine rings is 1. The quantitative estimate of drug-likeness (QED) is 0.820. The number of nitrogens with one attached hydrogen (secondary N) is 1. The summed E-state index contributed by atoms with van der Waals surface area (Å²) in [7, 11) is 0. The van der Waals surface area contributed by atoms with E-state index in [9.17, 15) is 4.39 Å². The molecule has 0 radical (unpaired) electrons. The molecule has 0 amide bonds. The van der Waals surface area contributed by atoms with Crippen molar-refractivity contribution in [3.8, 4) is 6.01 Å². The Labute approximate surface area is 93.2 Å². The summed E-state index contributed by atoms with van der Waals surface area (Å²) in [6, 6.07) is 1.43. The van der Waals surface area contributed by atoms with Gasteiger partial charge in [0.05, 0.1) is 12.4 Å². The van der Waals surface area contributed by atoms with E-state index in [1.54, 1.807) is 0 Å². The third kappa shape index (κ3) is 2.00. The molecule has 2 bridgehead atoms. The van der Waals surface area contributed by atoms with Crippen molar-refractivity contribution < 1.29 is 9.13 Å². The van der Waals surface area contributed by atoms with Crippen molar-refractivity contribution in [2.75, 3.05) is 0 Å². The largest absolute Gasteiger partial charge is 0.460 e. The number of fused-ring (bicyclic) bond motifs is 2. The van der Waals surface area contributed by atoms with E-state index in [1.807, 2.05) is 0 Å². The summed E-state index contributed by atoms with van der Waals surface area (Å²) in [6.45, 7) is 0. The summed E-state index contributed by atoms with van der Waals surface area (Å²) in [5.41, 5.74) is 0. The summed E-state index contributed by atoms with van der Waals surface area (Å²) in [4.78, 5) is 7.63. The lowest BCUT2D eigenvalue weighted by Crippen LogP contribution is -2.42. The van der Waals surface area contributed by atoms with Crippen LogP contribution in [0.5, 0.6) is 6.01 Å². The molecular weight excluding hydrogens is 209 g/mol. The first-order chi connectivity index (χ1) is 7.79. The van der Waals surface area contributed by atoms with Gasteiger partial charge in [-0.05, 0) is 25.7 Å². The Kier molecular flexibility index (Phi) is 2.47. The molecule has 0 spiro atoms. The lowest BCUT2D eigenvalue weighted by molar-refractivity contribution is 0.125. The van der Waals surface area contributed by atoms with Gasteiger partial charge in [0, 0.05) is 12.1 Å². The third-order valence-corrected chi connectivity index (χ3v) is 3.30. The maximum absolute atomic E-state index is 12.6. The zero-order chi connectivity index (χ0) is 11.0. The zero-order valence-electron chi connectivity index (χ0n) is 8.90. The van der Waals surface area contributed by atoms with Gasteiger partial charge in [-0.25, -0.2) is 14.4 Å². The van der Waals surface area contributed by atoms with E-state index in [-0.39, 0.29) is 12.1 Å². The molecule has 2 saturated heterocycles. The molecule has 4 nitrogen and oxygen atoms in total. The minimum absolute atomic E-state index is 0.171. The van der Waals surface area contributed by atoms with Crippen LogP contribution in [0.25, 0.3) is 0 Å². The van der Waals surface area contributed by atoms with E-state index < -0.39 is 5.82 Å². The van der Waals surface area contributed by atoms with E-state index in [0.717, 1.165) is 25.2 Å². The van der Waals surface area contributed by atoms with Gasteiger partial charge in [0.2, 0.25) is 0 Å². The van der Waals surface area contributed by atoms with Crippen molar-refractivity contribution in [1.29, 1.82) is 0 Å². The lowest BCUT2D eigenvalue weighted by atomic mass is 10.0. The molecule has 1 aromatic heterocycles. The second-order valence-electron chi connectivity index (χ2n) is 4.53. The predicted molar refractivity (Wildman–Crippen MR) is 55.6 cm³/mol. The molecule has 2 aliphatic heterocycles. The van der Waals surface area contributed by atoms with Gasteiger partial charge in [0.15, 0.2) is 5.82 Å². The first-order valence-electron chi connectivity index (χ1n) is 5.70. The topological polar surface area (TPSA) is 47.0 Å². The molecule has 86 valence electrons. The number of rotatable bonds is 2. The smallest absolute Gasteiger partial charge is 0.316 e. The zero-order valence-corrected chi connectivity index (χ0v) is 8.90. The van der Waals surface area contributed by atoms with Gasteiger partial charge in [-0.2, -0.15) is 0 Å². The van der Waals surface area contributed by atoms with E-state index >= 15 is 0 Å². The van der Waals surface area contributed by atoms with Crippen molar-refractivity contribution in [3.05, 3.63) is 18.2 Å². The molecule has 0 saturated carbocycles. The predicted octanol–water partition coefficient (Wildman–Crippen LogP) is 1.28. The molecule has 2 atom stereocenters. The van der Waals surface area contributed by atoms with Crippen molar-refractivity contribution in [2.45, 2.75) is 43.9 Å². The van der Waals surface area contributed by atoms with E-state index in [1.165, 1.54) is 12.8 Å². The maximum atomic E-state index is 12.6. The standard InChI is InChI=1S/C11H14FN3O/c12-7-5-13-11(14-6-7)16-10-3-8-1-2-9(4-10)15-8/h5-6,8-10,15H,1-4H2. The number of nitrogens with zero attached hydrogens (tertiary/aromatic N) is 2. The van der Waals surface area contributed by atoms with Crippen molar-refractivity contribution in [3.63, 3.8) is 0 Å². The first kappa shape index (κ1) is 9.96. The Bertz CT molecular complexity index is 358. The van der Waals surface area contributed by atoms with Gasteiger partial charge < -0.3 is 10.1 Å². The monoisotopic (exact) mass is 223 g/mol. The van der Waals surface area contributed by atoms with Crippen LogP contribution in [0.1, 0.15) is 25.7 Å². The highest BCUT2D eigenvalue weighted by atomic mass is 19.1. The molecule has 5 heteroatoms. The van der Waals surface area contributed by atoms with Crippen LogP contribution in [0, 0.1) is 5.82 Å². The van der Waals surface area contributed by atoms with Gasteiger partial charge in [-0.3, -0.25) is 0 Å². The molecule has 2 aliphatic rings. The number of halogens is 1. The third-order valence-electron chi connectivity index (χ3n) is 3.30. The van der Waals surface area contributed by atoms with Crippen LogP contribution < -0.4 is 10.1 Å². The maximum Gasteiger partial charge on any atom is 0.316 e. The molecule has 16 heavy (non-hydrogen) atoms. The van der Waals surface area contributed by atoms with Gasteiger partial charge in [0.1, 0.15) is 6.10 Å². The molecule has 2 fully saturated rings. The summed E-state index contributed by atoms with van der Waals surface area (Å²) in [5, 5.41) is 3.53. The highest BCUT2D eigenvalue weighted by Gasteiger charge is 2.34. The molecule has 0 aromatic carbocycles. The minimum atomic E-state index is -0.433. The van der Waals surface area contributed by atoms with E-state index in [0.29, 0.717) is 12.1 Å². The fourth-order valence-corrected chi connectivity index (χ4v) is 2.61. The van der Waals surface area contributed by atoms with Crippen LogP contribution in [0.2, 0.25) is 0 Å². The van der Waals surface area contributed by atoms with Crippen molar-refractivity contribution >= 4 is 0 Å². The Morgan fingerprint density at radius 3 is 2.44 bits per heavy atom. The minimum Gasteiger partial charge on any atom is -0.460 e. The average Bonchev–Trinajstić information content (AvgIpc) is 2.62. The van der Waals surface area contributed by atoms with Crippen molar-refractivity contribution in [2.24, 2.45) is 0 Å². The second-order valence-corrected chi connectivity index (χ2v) is 4.53.